The highest BCUT2D eigenvalue weighted by Gasteiger charge is 2.24. The van der Waals surface area contributed by atoms with Crippen LogP contribution in [0.15, 0.2) is 48.5 Å². The minimum absolute atomic E-state index is 0.0848. The van der Waals surface area contributed by atoms with Crippen LogP contribution in [-0.4, -0.2) is 29.6 Å². The third-order valence-electron chi connectivity index (χ3n) is 4.10. The maximum Gasteiger partial charge on any atom is 0.307 e. The number of carbonyl (C=O) groups is 1. The SMILES string of the molecule is CN1Cc2ccccc2[C@H](c2ccc(CC(=O)O)cc2)C1. The first-order valence-electron chi connectivity index (χ1n) is 7.20. The number of rotatable bonds is 3. The lowest BCUT2D eigenvalue weighted by Crippen LogP contribution is -2.30. The van der Waals surface area contributed by atoms with Crippen molar-refractivity contribution in [2.45, 2.75) is 18.9 Å². The maximum absolute atomic E-state index is 10.8. The quantitative estimate of drug-likeness (QED) is 0.940. The first-order valence-corrected chi connectivity index (χ1v) is 7.20. The molecule has 0 radical (unpaired) electrons. The molecule has 2 aromatic carbocycles. The fourth-order valence-electron chi connectivity index (χ4n) is 3.11. The summed E-state index contributed by atoms with van der Waals surface area (Å²) < 4.78 is 0. The molecule has 3 nitrogen and oxygen atoms in total. The van der Waals surface area contributed by atoms with E-state index in [4.69, 9.17) is 5.11 Å². The van der Waals surface area contributed by atoms with Crippen molar-refractivity contribution in [3.63, 3.8) is 0 Å². The van der Waals surface area contributed by atoms with Gasteiger partial charge in [0, 0.05) is 19.0 Å². The van der Waals surface area contributed by atoms with Crippen molar-refractivity contribution in [1.29, 1.82) is 0 Å². The summed E-state index contributed by atoms with van der Waals surface area (Å²) in [7, 11) is 2.14. The Labute approximate surface area is 124 Å². The van der Waals surface area contributed by atoms with Crippen molar-refractivity contribution in [1.82, 2.24) is 4.90 Å². The van der Waals surface area contributed by atoms with Gasteiger partial charge in [0.2, 0.25) is 0 Å². The lowest BCUT2D eigenvalue weighted by molar-refractivity contribution is -0.136. The number of nitrogens with zero attached hydrogens (tertiary/aromatic N) is 1. The number of fused-ring (bicyclic) bond motifs is 1. The minimum Gasteiger partial charge on any atom is -0.481 e. The van der Waals surface area contributed by atoms with Crippen LogP contribution in [-0.2, 0) is 17.8 Å². The molecule has 3 rings (SSSR count). The molecule has 2 aromatic rings. The van der Waals surface area contributed by atoms with Crippen LogP contribution in [0.3, 0.4) is 0 Å². The number of likely N-dealkylation sites (N-methyl/N-ethyl adjacent to an activating group) is 1. The predicted octanol–water partition coefficient (Wildman–Crippen LogP) is 2.89. The Kier molecular flexibility index (Phi) is 3.76. The van der Waals surface area contributed by atoms with Gasteiger partial charge >= 0.3 is 5.97 Å². The molecule has 0 saturated carbocycles. The van der Waals surface area contributed by atoms with Gasteiger partial charge in [-0.2, -0.15) is 0 Å². The van der Waals surface area contributed by atoms with Gasteiger partial charge in [0.15, 0.2) is 0 Å². The highest BCUT2D eigenvalue weighted by atomic mass is 16.4. The summed E-state index contributed by atoms with van der Waals surface area (Å²) >= 11 is 0. The van der Waals surface area contributed by atoms with Gasteiger partial charge < -0.3 is 10.0 Å². The van der Waals surface area contributed by atoms with Gasteiger partial charge in [-0.1, -0.05) is 48.5 Å². The molecule has 0 aliphatic carbocycles. The van der Waals surface area contributed by atoms with Crippen LogP contribution in [0.2, 0.25) is 0 Å². The van der Waals surface area contributed by atoms with Crippen LogP contribution >= 0.6 is 0 Å². The van der Waals surface area contributed by atoms with Crippen molar-refractivity contribution in [2.75, 3.05) is 13.6 Å². The molecule has 3 heteroatoms. The van der Waals surface area contributed by atoms with Crippen molar-refractivity contribution in [2.24, 2.45) is 0 Å². The summed E-state index contributed by atoms with van der Waals surface area (Å²) in [6.07, 6.45) is 0.0848. The van der Waals surface area contributed by atoms with E-state index in [0.29, 0.717) is 5.92 Å². The highest BCUT2D eigenvalue weighted by molar-refractivity contribution is 5.70. The Morgan fingerprint density at radius 3 is 2.62 bits per heavy atom. The summed E-state index contributed by atoms with van der Waals surface area (Å²) in [5, 5.41) is 8.84. The molecular weight excluding hydrogens is 262 g/mol. The van der Waals surface area contributed by atoms with Crippen LogP contribution in [0.1, 0.15) is 28.2 Å². The Hall–Kier alpha value is -2.13. The largest absolute Gasteiger partial charge is 0.481 e. The third kappa shape index (κ3) is 2.98. The smallest absolute Gasteiger partial charge is 0.307 e. The zero-order valence-electron chi connectivity index (χ0n) is 12.1. The third-order valence-corrected chi connectivity index (χ3v) is 4.10. The van der Waals surface area contributed by atoms with Crippen molar-refractivity contribution in [3.8, 4) is 0 Å². The van der Waals surface area contributed by atoms with E-state index in [-0.39, 0.29) is 6.42 Å². The number of carboxylic acids is 1. The second-order valence-corrected chi connectivity index (χ2v) is 5.76. The van der Waals surface area contributed by atoms with E-state index >= 15 is 0 Å². The van der Waals surface area contributed by atoms with Crippen LogP contribution in [0.5, 0.6) is 0 Å². The van der Waals surface area contributed by atoms with E-state index in [1.165, 1.54) is 16.7 Å². The van der Waals surface area contributed by atoms with E-state index in [1.807, 2.05) is 12.1 Å². The monoisotopic (exact) mass is 281 g/mol. The van der Waals surface area contributed by atoms with Crippen molar-refractivity contribution in [3.05, 3.63) is 70.8 Å². The zero-order valence-corrected chi connectivity index (χ0v) is 12.1. The molecule has 21 heavy (non-hydrogen) atoms. The number of carboxylic acid groups (broad SMARTS) is 1. The van der Waals surface area contributed by atoms with E-state index in [1.54, 1.807) is 0 Å². The molecule has 1 heterocycles. The fourth-order valence-corrected chi connectivity index (χ4v) is 3.11. The molecule has 0 bridgehead atoms. The van der Waals surface area contributed by atoms with Gasteiger partial charge in [-0.15, -0.1) is 0 Å². The molecule has 0 unspecified atom stereocenters. The summed E-state index contributed by atoms with van der Waals surface area (Å²) in [5.74, 6) is -0.427. The van der Waals surface area contributed by atoms with Crippen LogP contribution in [0.25, 0.3) is 0 Å². The van der Waals surface area contributed by atoms with Gasteiger partial charge in [-0.25, -0.2) is 0 Å². The maximum atomic E-state index is 10.8. The highest BCUT2D eigenvalue weighted by Crippen LogP contribution is 2.32. The van der Waals surface area contributed by atoms with Gasteiger partial charge in [0.1, 0.15) is 0 Å². The zero-order chi connectivity index (χ0) is 14.8. The lowest BCUT2D eigenvalue weighted by atomic mass is 9.84. The van der Waals surface area contributed by atoms with Gasteiger partial charge in [0.05, 0.1) is 6.42 Å². The topological polar surface area (TPSA) is 40.5 Å². The van der Waals surface area contributed by atoms with E-state index in [2.05, 4.69) is 48.3 Å². The van der Waals surface area contributed by atoms with Crippen LogP contribution in [0.4, 0.5) is 0 Å². The average Bonchev–Trinajstić information content (AvgIpc) is 2.46. The fraction of sp³-hybridized carbons (Fsp3) is 0.278. The number of hydrogen-bond acceptors (Lipinski definition) is 2. The number of aliphatic carboxylic acids is 1. The van der Waals surface area contributed by atoms with Crippen LogP contribution in [0, 0.1) is 0 Å². The molecule has 0 saturated heterocycles. The van der Waals surface area contributed by atoms with Gasteiger partial charge in [-0.05, 0) is 29.3 Å². The van der Waals surface area contributed by atoms with Crippen molar-refractivity contribution < 1.29 is 9.90 Å². The number of hydrogen-bond donors (Lipinski definition) is 1. The molecule has 108 valence electrons. The molecule has 1 aliphatic heterocycles. The van der Waals surface area contributed by atoms with Crippen molar-refractivity contribution >= 4 is 5.97 Å². The Morgan fingerprint density at radius 2 is 1.90 bits per heavy atom. The Balaban J connectivity index is 1.91. The molecular formula is C18H19NO2. The summed E-state index contributed by atoms with van der Waals surface area (Å²) in [4.78, 5) is 13.1. The molecule has 0 fully saturated rings. The number of benzene rings is 2. The predicted molar refractivity (Wildman–Crippen MR) is 82.4 cm³/mol. The standard InChI is InChI=1S/C18H19NO2/c1-19-11-15-4-2-3-5-16(15)17(12-19)14-8-6-13(7-9-14)10-18(20)21/h2-9,17H,10-12H2,1H3,(H,20,21)/t17-/m0/s1. The Morgan fingerprint density at radius 1 is 1.19 bits per heavy atom. The van der Waals surface area contributed by atoms with Gasteiger partial charge in [-0.3, -0.25) is 4.79 Å². The first kappa shape index (κ1) is 13.8. The molecule has 0 aromatic heterocycles. The molecule has 1 aliphatic rings. The molecule has 0 spiro atoms. The summed E-state index contributed by atoms with van der Waals surface area (Å²) in [5.41, 5.74) is 4.87. The molecule has 1 N–H and O–H groups in total. The van der Waals surface area contributed by atoms with E-state index in [9.17, 15) is 4.79 Å². The van der Waals surface area contributed by atoms with E-state index in [0.717, 1.165) is 18.7 Å². The Bertz CT molecular complexity index is 649. The summed E-state index contributed by atoms with van der Waals surface area (Å²) in [6, 6.07) is 16.6. The van der Waals surface area contributed by atoms with E-state index < -0.39 is 5.97 Å². The van der Waals surface area contributed by atoms with Gasteiger partial charge in [0.25, 0.3) is 0 Å². The normalized spacial score (nSPS) is 18.2. The lowest BCUT2D eigenvalue weighted by Gasteiger charge is -2.32. The molecule has 0 amide bonds. The van der Waals surface area contributed by atoms with Crippen LogP contribution < -0.4 is 0 Å². The first-order chi connectivity index (χ1) is 10.1. The summed E-state index contributed by atoms with van der Waals surface area (Å²) in [6.45, 7) is 1.99. The minimum atomic E-state index is -0.787. The average molecular weight is 281 g/mol. The second kappa shape index (κ2) is 5.70. The molecule has 1 atom stereocenters. The second-order valence-electron chi connectivity index (χ2n) is 5.76.